The highest BCUT2D eigenvalue weighted by atomic mass is 15.1. The van der Waals surface area contributed by atoms with Crippen molar-refractivity contribution in [3.8, 4) is 0 Å². The minimum absolute atomic E-state index is 0.274. The number of allylic oxidation sites excluding steroid dienone is 5. The molecule has 5 N–H and O–H groups in total. The third kappa shape index (κ3) is 6.40. The average Bonchev–Trinajstić information content (AvgIpc) is 3.38. The number of fused-ring (bicyclic) bond motifs is 1. The van der Waals surface area contributed by atoms with Gasteiger partial charge in [-0.3, -0.25) is 0 Å². The molecule has 5 aromatic rings. The zero-order chi connectivity index (χ0) is 29.6. The molecule has 4 nitrogen and oxygen atoms in total. The third-order valence-corrected chi connectivity index (χ3v) is 8.17. The fraction of sp³-hybridized carbons (Fsp3) is 0.128. The standard InChI is InChI=1S/C39H38N4/c1-28-14-9-10-21-34(28)29(2)24-36-35-22-11-12-23-37(35)42-38(36)27-41-33-20-13-17-31(25-33)39(40,26-30-15-5-3-6-16-30)43-32-18-7-4-8-19-32/h3-25,27-28,34,41-43H,2,26,40H2,1H3/b36-24-,38-27+. The monoisotopic (exact) mass is 562 g/mol. The molecule has 0 saturated carbocycles. The maximum atomic E-state index is 7.19. The van der Waals surface area contributed by atoms with Crippen LogP contribution < -0.4 is 26.9 Å². The lowest BCUT2D eigenvalue weighted by molar-refractivity contribution is 0.509. The van der Waals surface area contributed by atoms with Crippen molar-refractivity contribution in [2.45, 2.75) is 19.0 Å². The summed E-state index contributed by atoms with van der Waals surface area (Å²) < 4.78 is 0. The van der Waals surface area contributed by atoms with Crippen molar-refractivity contribution in [3.05, 3.63) is 167 Å². The Kier molecular flexibility index (Phi) is 8.12. The molecule has 214 valence electrons. The number of nitrogens with one attached hydrogen (secondary N) is 3. The van der Waals surface area contributed by atoms with Crippen LogP contribution in [-0.2, 0) is 12.1 Å². The fourth-order valence-corrected chi connectivity index (χ4v) is 5.87. The summed E-state index contributed by atoms with van der Waals surface area (Å²) in [4.78, 5) is 3.60. The molecule has 0 fully saturated rings. The average molecular weight is 563 g/mol. The van der Waals surface area contributed by atoms with E-state index in [4.69, 9.17) is 5.73 Å². The maximum Gasteiger partial charge on any atom is 0.116 e. The molecule has 3 atom stereocenters. The van der Waals surface area contributed by atoms with Crippen molar-refractivity contribution >= 4 is 34.6 Å². The van der Waals surface area contributed by atoms with Crippen LogP contribution in [0.4, 0.5) is 11.4 Å². The summed E-state index contributed by atoms with van der Waals surface area (Å²) in [5, 5.41) is 10.5. The van der Waals surface area contributed by atoms with Crippen molar-refractivity contribution < 1.29 is 0 Å². The van der Waals surface area contributed by atoms with Gasteiger partial charge in [-0.25, -0.2) is 0 Å². The highest BCUT2D eigenvalue weighted by molar-refractivity contribution is 5.82. The van der Waals surface area contributed by atoms with Gasteiger partial charge in [0.05, 0.1) is 5.35 Å². The van der Waals surface area contributed by atoms with Crippen LogP contribution in [0.15, 0.2) is 146 Å². The molecular weight excluding hydrogens is 524 g/mol. The summed E-state index contributed by atoms with van der Waals surface area (Å²) in [6, 6.07) is 37.2. The summed E-state index contributed by atoms with van der Waals surface area (Å²) in [5.41, 5.74) is 12.6. The Hall–Kier alpha value is -5.06. The normalized spacial score (nSPS) is 18.5. The molecule has 6 rings (SSSR count). The topological polar surface area (TPSA) is 65.9 Å². The van der Waals surface area contributed by atoms with E-state index >= 15 is 0 Å². The quantitative estimate of drug-likeness (QED) is 0.144. The van der Waals surface area contributed by atoms with Crippen LogP contribution in [-0.4, -0.2) is 4.98 Å². The lowest BCUT2D eigenvalue weighted by Gasteiger charge is -2.33. The van der Waals surface area contributed by atoms with Gasteiger partial charge in [-0.1, -0.05) is 117 Å². The summed E-state index contributed by atoms with van der Waals surface area (Å²) in [6.07, 6.45) is 13.6. The Balaban J connectivity index is 1.35. The van der Waals surface area contributed by atoms with Gasteiger partial charge in [0, 0.05) is 46.0 Å². The molecule has 0 aliphatic heterocycles. The summed E-state index contributed by atoms with van der Waals surface area (Å²) >= 11 is 0. The van der Waals surface area contributed by atoms with Gasteiger partial charge in [-0.2, -0.15) is 0 Å². The first-order chi connectivity index (χ1) is 21.0. The van der Waals surface area contributed by atoms with E-state index in [9.17, 15) is 0 Å². The highest BCUT2D eigenvalue weighted by Gasteiger charge is 2.28. The first-order valence-electron chi connectivity index (χ1n) is 14.8. The van der Waals surface area contributed by atoms with E-state index in [1.165, 1.54) is 5.39 Å². The molecule has 4 heteroatoms. The summed E-state index contributed by atoms with van der Waals surface area (Å²) in [6.45, 7) is 6.71. The van der Waals surface area contributed by atoms with Crippen LogP contribution in [0.1, 0.15) is 18.1 Å². The molecule has 1 aliphatic carbocycles. The van der Waals surface area contributed by atoms with Gasteiger partial charge in [0.25, 0.3) is 0 Å². The van der Waals surface area contributed by atoms with Crippen LogP contribution in [0.5, 0.6) is 0 Å². The molecule has 0 amide bonds. The van der Waals surface area contributed by atoms with Gasteiger partial charge >= 0.3 is 0 Å². The molecule has 4 aromatic carbocycles. The number of rotatable bonds is 9. The summed E-state index contributed by atoms with van der Waals surface area (Å²) in [7, 11) is 0. The van der Waals surface area contributed by atoms with Gasteiger partial charge < -0.3 is 21.4 Å². The molecule has 0 saturated heterocycles. The SMILES string of the molecule is C=C(/C=c1\c(=C/Nc2cccc(C(N)(Cc3ccccc3)Nc3ccccc3)c2)[nH]c2ccccc12)C1C=CC=CC1C. The molecule has 43 heavy (non-hydrogen) atoms. The molecule has 0 bridgehead atoms. The molecule has 1 aromatic heterocycles. The Morgan fingerprint density at radius 1 is 0.860 bits per heavy atom. The molecule has 0 radical (unpaired) electrons. The van der Waals surface area contributed by atoms with E-state index in [0.717, 1.165) is 44.2 Å². The van der Waals surface area contributed by atoms with Gasteiger partial charge in [-0.05, 0) is 59.0 Å². The van der Waals surface area contributed by atoms with Gasteiger partial charge in [0.15, 0.2) is 0 Å². The minimum Gasteiger partial charge on any atom is -0.363 e. The van der Waals surface area contributed by atoms with Crippen LogP contribution in [0.3, 0.4) is 0 Å². The number of hydrogen-bond donors (Lipinski definition) is 4. The zero-order valence-electron chi connectivity index (χ0n) is 24.5. The number of para-hydroxylation sites is 2. The number of aromatic amines is 1. The first-order valence-corrected chi connectivity index (χ1v) is 14.8. The number of H-pyrrole nitrogens is 1. The predicted octanol–water partition coefficient (Wildman–Crippen LogP) is 7.20. The third-order valence-electron chi connectivity index (χ3n) is 8.17. The Bertz CT molecular complexity index is 1860. The molecule has 1 heterocycles. The first kappa shape index (κ1) is 28.1. The zero-order valence-corrected chi connectivity index (χ0v) is 24.5. The molecule has 1 aliphatic rings. The van der Waals surface area contributed by atoms with Gasteiger partial charge in [0.1, 0.15) is 5.66 Å². The highest BCUT2D eigenvalue weighted by Crippen LogP contribution is 2.28. The Labute approximate surface area is 253 Å². The second-order valence-corrected chi connectivity index (χ2v) is 11.4. The lowest BCUT2D eigenvalue weighted by atomic mass is 9.84. The van der Waals surface area contributed by atoms with Crippen molar-refractivity contribution in [1.29, 1.82) is 0 Å². The van der Waals surface area contributed by atoms with E-state index in [-0.39, 0.29) is 5.92 Å². The van der Waals surface area contributed by atoms with Crippen molar-refractivity contribution in [2.24, 2.45) is 17.6 Å². The maximum absolute atomic E-state index is 7.19. The number of benzene rings is 4. The van der Waals surface area contributed by atoms with E-state index < -0.39 is 5.66 Å². The largest absolute Gasteiger partial charge is 0.363 e. The van der Waals surface area contributed by atoms with Crippen molar-refractivity contribution in [3.63, 3.8) is 0 Å². The van der Waals surface area contributed by atoms with Crippen LogP contribution in [0.2, 0.25) is 0 Å². The lowest BCUT2D eigenvalue weighted by Crippen LogP contribution is -2.46. The minimum atomic E-state index is -0.823. The second kappa shape index (κ2) is 12.4. The smallest absolute Gasteiger partial charge is 0.116 e. The number of hydrogen-bond acceptors (Lipinski definition) is 3. The van der Waals surface area contributed by atoms with Gasteiger partial charge in [-0.15, -0.1) is 0 Å². The molecule has 3 unspecified atom stereocenters. The van der Waals surface area contributed by atoms with E-state index in [1.807, 2.05) is 42.6 Å². The Morgan fingerprint density at radius 2 is 1.56 bits per heavy atom. The van der Waals surface area contributed by atoms with Gasteiger partial charge in [0.2, 0.25) is 0 Å². The number of aromatic nitrogens is 1. The van der Waals surface area contributed by atoms with Crippen LogP contribution in [0, 0.1) is 11.8 Å². The van der Waals surface area contributed by atoms with Crippen LogP contribution >= 0.6 is 0 Å². The Morgan fingerprint density at radius 3 is 2.35 bits per heavy atom. The molecule has 0 spiro atoms. The van der Waals surface area contributed by atoms with E-state index in [1.54, 1.807) is 0 Å². The predicted molar refractivity (Wildman–Crippen MR) is 183 cm³/mol. The fourth-order valence-electron chi connectivity index (χ4n) is 5.87. The second-order valence-electron chi connectivity index (χ2n) is 11.4. The number of anilines is 2. The van der Waals surface area contributed by atoms with Crippen molar-refractivity contribution in [1.82, 2.24) is 4.98 Å². The number of nitrogens with two attached hydrogens (primary N) is 1. The van der Waals surface area contributed by atoms with E-state index in [2.05, 4.69) is 132 Å². The van der Waals surface area contributed by atoms with Crippen molar-refractivity contribution in [2.75, 3.05) is 10.6 Å². The summed E-state index contributed by atoms with van der Waals surface area (Å²) in [5.74, 6) is 0.680. The molecular formula is C39H38N4. The van der Waals surface area contributed by atoms with Crippen LogP contribution in [0.25, 0.3) is 23.2 Å². The van der Waals surface area contributed by atoms with E-state index in [0.29, 0.717) is 12.3 Å².